The van der Waals surface area contributed by atoms with E-state index in [1.54, 1.807) is 0 Å². The molecule has 2 unspecified atom stereocenters. The summed E-state index contributed by atoms with van der Waals surface area (Å²) < 4.78 is 5.25. The van der Waals surface area contributed by atoms with E-state index in [9.17, 15) is 4.79 Å². The van der Waals surface area contributed by atoms with Crippen molar-refractivity contribution < 1.29 is 9.53 Å². The molecule has 0 aromatic rings. The Kier molecular flexibility index (Phi) is 2.44. The monoisotopic (exact) mass is 192 g/mol. The predicted octanol–water partition coefficient (Wildman–Crippen LogP) is 2.46. The number of carbonyl (C=O) groups is 1. The largest absolute Gasteiger partial charge is 0.457 e. The van der Waals surface area contributed by atoms with E-state index >= 15 is 0 Å². The van der Waals surface area contributed by atoms with Crippen LogP contribution in [-0.4, -0.2) is 12.1 Å². The third-order valence-corrected chi connectivity index (χ3v) is 2.92. The minimum atomic E-state index is -0.0581. The first-order valence-corrected chi connectivity index (χ1v) is 5.26. The Labute approximate surface area is 84.6 Å². The fourth-order valence-electron chi connectivity index (χ4n) is 2.00. The second-order valence-corrected chi connectivity index (χ2v) is 4.34. The van der Waals surface area contributed by atoms with Crippen LogP contribution in [0.4, 0.5) is 0 Å². The predicted molar refractivity (Wildman–Crippen MR) is 54.7 cm³/mol. The van der Waals surface area contributed by atoms with Gasteiger partial charge in [-0.25, -0.2) is 0 Å². The lowest BCUT2D eigenvalue weighted by Crippen LogP contribution is -2.31. The second-order valence-electron chi connectivity index (χ2n) is 4.34. The van der Waals surface area contributed by atoms with Crippen LogP contribution in [0.3, 0.4) is 0 Å². The summed E-state index contributed by atoms with van der Waals surface area (Å²) in [5, 5.41) is 0. The number of rotatable bonds is 1. The van der Waals surface area contributed by atoms with Gasteiger partial charge in [0, 0.05) is 12.3 Å². The van der Waals surface area contributed by atoms with Gasteiger partial charge in [-0.15, -0.1) is 0 Å². The van der Waals surface area contributed by atoms with E-state index in [1.165, 1.54) is 5.57 Å². The number of fused-ring (bicyclic) bond motifs is 1. The summed E-state index contributed by atoms with van der Waals surface area (Å²) in [6.45, 7) is 4.37. The zero-order chi connectivity index (χ0) is 10.1. The molecule has 2 atom stereocenters. The second kappa shape index (κ2) is 3.60. The number of hydrogen-bond donors (Lipinski definition) is 0. The first kappa shape index (κ1) is 9.50. The molecule has 0 N–H and O–H groups in total. The van der Waals surface area contributed by atoms with Gasteiger partial charge < -0.3 is 4.74 Å². The average molecular weight is 192 g/mol. The van der Waals surface area contributed by atoms with Gasteiger partial charge in [-0.1, -0.05) is 26.0 Å². The van der Waals surface area contributed by atoms with Crippen LogP contribution < -0.4 is 0 Å². The molecule has 1 aliphatic heterocycles. The molecule has 0 amide bonds. The summed E-state index contributed by atoms with van der Waals surface area (Å²) in [6.07, 6.45) is 7.88. The normalized spacial score (nSPS) is 31.1. The SMILES string of the molecule is CC(C)C1=CC2CCC(=O)OC2C=C1. The molecule has 0 aromatic carbocycles. The molecule has 2 rings (SSSR count). The minimum absolute atomic E-state index is 0.00116. The molecule has 0 aromatic heterocycles. The maximum Gasteiger partial charge on any atom is 0.306 e. The van der Waals surface area contributed by atoms with Crippen molar-refractivity contribution >= 4 is 5.97 Å². The quantitative estimate of drug-likeness (QED) is 0.596. The van der Waals surface area contributed by atoms with E-state index in [1.807, 2.05) is 6.08 Å². The highest BCUT2D eigenvalue weighted by Crippen LogP contribution is 2.30. The Hall–Kier alpha value is -1.05. The van der Waals surface area contributed by atoms with Gasteiger partial charge in [-0.05, 0) is 24.0 Å². The van der Waals surface area contributed by atoms with Gasteiger partial charge in [0.25, 0.3) is 0 Å². The highest BCUT2D eigenvalue weighted by Gasteiger charge is 2.29. The molecule has 14 heavy (non-hydrogen) atoms. The van der Waals surface area contributed by atoms with Crippen molar-refractivity contribution in [2.45, 2.75) is 32.8 Å². The van der Waals surface area contributed by atoms with Crippen LogP contribution in [0, 0.1) is 11.8 Å². The highest BCUT2D eigenvalue weighted by molar-refractivity contribution is 5.70. The molecule has 1 aliphatic carbocycles. The molecule has 76 valence electrons. The number of carbonyl (C=O) groups excluding carboxylic acids is 1. The van der Waals surface area contributed by atoms with E-state index in [2.05, 4.69) is 26.0 Å². The van der Waals surface area contributed by atoms with Crippen molar-refractivity contribution in [2.75, 3.05) is 0 Å². The first-order chi connectivity index (χ1) is 6.66. The van der Waals surface area contributed by atoms with Gasteiger partial charge >= 0.3 is 5.97 Å². The van der Waals surface area contributed by atoms with Crippen molar-refractivity contribution in [3.8, 4) is 0 Å². The molecule has 1 fully saturated rings. The lowest BCUT2D eigenvalue weighted by atomic mass is 9.85. The number of hydrogen-bond acceptors (Lipinski definition) is 2. The fraction of sp³-hybridized carbons (Fsp3) is 0.583. The number of allylic oxidation sites excluding steroid dienone is 2. The van der Waals surface area contributed by atoms with Crippen molar-refractivity contribution in [1.29, 1.82) is 0 Å². The number of ether oxygens (including phenoxy) is 1. The molecule has 0 bridgehead atoms. The third kappa shape index (κ3) is 1.74. The van der Waals surface area contributed by atoms with E-state index in [0.717, 1.165) is 6.42 Å². The standard InChI is InChI=1S/C12H16O2/c1-8(2)9-3-5-11-10(7-9)4-6-12(13)14-11/h3,5,7-8,10-11H,4,6H2,1-2H3. The van der Waals surface area contributed by atoms with Gasteiger partial charge in [0.05, 0.1) is 0 Å². The Morgan fingerprint density at radius 1 is 1.50 bits per heavy atom. The van der Waals surface area contributed by atoms with E-state index in [-0.39, 0.29) is 12.1 Å². The highest BCUT2D eigenvalue weighted by atomic mass is 16.5. The van der Waals surface area contributed by atoms with Crippen LogP contribution in [0.1, 0.15) is 26.7 Å². The molecular formula is C12H16O2. The summed E-state index contributed by atoms with van der Waals surface area (Å²) in [7, 11) is 0. The van der Waals surface area contributed by atoms with Gasteiger partial charge in [0.2, 0.25) is 0 Å². The van der Waals surface area contributed by atoms with Crippen LogP contribution in [-0.2, 0) is 9.53 Å². The zero-order valence-corrected chi connectivity index (χ0v) is 8.69. The van der Waals surface area contributed by atoms with E-state index in [4.69, 9.17) is 4.74 Å². The molecule has 0 spiro atoms. The summed E-state index contributed by atoms with van der Waals surface area (Å²) in [5.74, 6) is 0.914. The maximum atomic E-state index is 11.1. The van der Waals surface area contributed by atoms with Gasteiger partial charge in [0.15, 0.2) is 0 Å². The van der Waals surface area contributed by atoms with Crippen LogP contribution in [0.5, 0.6) is 0 Å². The van der Waals surface area contributed by atoms with Gasteiger partial charge in [-0.3, -0.25) is 4.79 Å². The fourth-order valence-corrected chi connectivity index (χ4v) is 2.00. The molecule has 2 nitrogen and oxygen atoms in total. The lowest BCUT2D eigenvalue weighted by molar-refractivity contribution is -0.153. The Bertz CT molecular complexity index is 299. The van der Waals surface area contributed by atoms with E-state index < -0.39 is 0 Å². The molecule has 2 aliphatic rings. The van der Waals surface area contributed by atoms with Gasteiger partial charge in [-0.2, -0.15) is 0 Å². The summed E-state index contributed by atoms with van der Waals surface area (Å²) >= 11 is 0. The summed E-state index contributed by atoms with van der Waals surface area (Å²) in [5.41, 5.74) is 1.36. The minimum Gasteiger partial charge on any atom is -0.457 e. The van der Waals surface area contributed by atoms with Crippen molar-refractivity contribution in [3.05, 3.63) is 23.8 Å². The van der Waals surface area contributed by atoms with Crippen molar-refractivity contribution in [2.24, 2.45) is 11.8 Å². The topological polar surface area (TPSA) is 26.3 Å². The summed E-state index contributed by atoms with van der Waals surface area (Å²) in [6, 6.07) is 0. The van der Waals surface area contributed by atoms with Crippen molar-refractivity contribution in [3.63, 3.8) is 0 Å². The molecule has 1 saturated heterocycles. The number of esters is 1. The van der Waals surface area contributed by atoms with Crippen LogP contribution in [0.25, 0.3) is 0 Å². The maximum absolute atomic E-state index is 11.1. The smallest absolute Gasteiger partial charge is 0.306 e. The Morgan fingerprint density at radius 2 is 2.29 bits per heavy atom. The van der Waals surface area contributed by atoms with E-state index in [0.29, 0.717) is 18.3 Å². The average Bonchev–Trinajstić information content (AvgIpc) is 2.16. The molecule has 0 saturated carbocycles. The van der Waals surface area contributed by atoms with Crippen LogP contribution >= 0.6 is 0 Å². The lowest BCUT2D eigenvalue weighted by Gasteiger charge is -2.30. The molecule has 1 heterocycles. The molecule has 0 radical (unpaired) electrons. The molecule has 2 heteroatoms. The van der Waals surface area contributed by atoms with Crippen LogP contribution in [0.2, 0.25) is 0 Å². The summed E-state index contributed by atoms with van der Waals surface area (Å²) in [4.78, 5) is 11.1. The van der Waals surface area contributed by atoms with Crippen molar-refractivity contribution in [1.82, 2.24) is 0 Å². The van der Waals surface area contributed by atoms with Gasteiger partial charge in [0.1, 0.15) is 6.10 Å². The Balaban J connectivity index is 2.13. The first-order valence-electron chi connectivity index (χ1n) is 5.26. The molecular weight excluding hydrogens is 176 g/mol. The van der Waals surface area contributed by atoms with Crippen LogP contribution in [0.15, 0.2) is 23.8 Å². The zero-order valence-electron chi connectivity index (χ0n) is 8.69. The Morgan fingerprint density at radius 3 is 3.00 bits per heavy atom. The third-order valence-electron chi connectivity index (χ3n) is 2.92.